The molecule has 0 radical (unpaired) electrons. The van der Waals surface area contributed by atoms with Crippen LogP contribution in [0.25, 0.3) is 0 Å². The number of nitrogens with one attached hydrogen (secondary N) is 1. The monoisotopic (exact) mass is 280 g/mol. The standard InChI is InChI=1S/C13H23F3N2O/c1-10(2)17-11-6-5-9-18(12(11)19)8-4-3-7-13(14,15)16/h10-11,17H,3-9H2,1-2H3. The Labute approximate surface area is 112 Å². The largest absolute Gasteiger partial charge is 0.389 e. The van der Waals surface area contributed by atoms with Crippen molar-refractivity contribution in [1.29, 1.82) is 0 Å². The van der Waals surface area contributed by atoms with Crippen LogP contribution in [0.3, 0.4) is 0 Å². The average Bonchev–Trinajstić information content (AvgIpc) is 2.27. The van der Waals surface area contributed by atoms with Crippen LogP contribution in [-0.4, -0.2) is 42.2 Å². The molecule has 0 aromatic carbocycles. The second kappa shape index (κ2) is 7.12. The summed E-state index contributed by atoms with van der Waals surface area (Å²) in [6, 6.07) is 0.0653. The van der Waals surface area contributed by atoms with Gasteiger partial charge in [0, 0.05) is 25.6 Å². The Balaban J connectivity index is 2.31. The van der Waals surface area contributed by atoms with Crippen LogP contribution < -0.4 is 5.32 Å². The highest BCUT2D eigenvalue weighted by Gasteiger charge is 2.29. The molecule has 0 aromatic rings. The van der Waals surface area contributed by atoms with Gasteiger partial charge in [0.15, 0.2) is 0 Å². The van der Waals surface area contributed by atoms with E-state index in [-0.39, 0.29) is 24.4 Å². The molecule has 1 aliphatic heterocycles. The van der Waals surface area contributed by atoms with Crippen LogP contribution in [0.15, 0.2) is 0 Å². The van der Waals surface area contributed by atoms with Gasteiger partial charge in [-0.3, -0.25) is 4.79 Å². The average molecular weight is 280 g/mol. The van der Waals surface area contributed by atoms with Crippen LogP contribution in [0.2, 0.25) is 0 Å². The van der Waals surface area contributed by atoms with E-state index in [1.807, 2.05) is 13.8 Å². The molecule has 1 amide bonds. The quantitative estimate of drug-likeness (QED) is 0.759. The molecule has 1 saturated heterocycles. The Morgan fingerprint density at radius 3 is 2.63 bits per heavy atom. The number of alkyl halides is 3. The zero-order chi connectivity index (χ0) is 14.5. The van der Waals surface area contributed by atoms with Crippen molar-refractivity contribution in [1.82, 2.24) is 10.2 Å². The van der Waals surface area contributed by atoms with E-state index in [0.717, 1.165) is 12.8 Å². The number of rotatable bonds is 6. The zero-order valence-corrected chi connectivity index (χ0v) is 11.6. The van der Waals surface area contributed by atoms with Crippen molar-refractivity contribution in [2.45, 2.75) is 64.2 Å². The van der Waals surface area contributed by atoms with Gasteiger partial charge in [0.1, 0.15) is 0 Å². The molecule has 112 valence electrons. The molecule has 3 nitrogen and oxygen atoms in total. The van der Waals surface area contributed by atoms with Gasteiger partial charge < -0.3 is 10.2 Å². The Hall–Kier alpha value is -0.780. The minimum Gasteiger partial charge on any atom is -0.341 e. The first-order valence-electron chi connectivity index (χ1n) is 6.91. The molecule has 1 N–H and O–H groups in total. The summed E-state index contributed by atoms with van der Waals surface area (Å²) in [5.41, 5.74) is 0. The Morgan fingerprint density at radius 2 is 2.05 bits per heavy atom. The van der Waals surface area contributed by atoms with E-state index in [1.54, 1.807) is 4.90 Å². The van der Waals surface area contributed by atoms with Crippen molar-refractivity contribution in [2.24, 2.45) is 0 Å². The minimum absolute atomic E-state index is 0.0342. The van der Waals surface area contributed by atoms with Gasteiger partial charge in [-0.25, -0.2) is 0 Å². The van der Waals surface area contributed by atoms with E-state index in [9.17, 15) is 18.0 Å². The van der Waals surface area contributed by atoms with Gasteiger partial charge >= 0.3 is 6.18 Å². The Bertz CT molecular complexity index is 292. The molecule has 0 saturated carbocycles. The first kappa shape index (κ1) is 16.3. The summed E-state index contributed by atoms with van der Waals surface area (Å²) < 4.78 is 36.0. The van der Waals surface area contributed by atoms with E-state index >= 15 is 0 Å². The van der Waals surface area contributed by atoms with Crippen LogP contribution in [0.1, 0.15) is 46.0 Å². The van der Waals surface area contributed by atoms with Crippen LogP contribution in [0.4, 0.5) is 13.2 Å². The number of nitrogens with zero attached hydrogens (tertiary/aromatic N) is 1. The molecule has 1 fully saturated rings. The highest BCUT2D eigenvalue weighted by atomic mass is 19.4. The van der Waals surface area contributed by atoms with E-state index < -0.39 is 12.6 Å². The van der Waals surface area contributed by atoms with Crippen LogP contribution >= 0.6 is 0 Å². The summed E-state index contributed by atoms with van der Waals surface area (Å²) in [6.07, 6.45) is -2.61. The van der Waals surface area contributed by atoms with Crippen molar-refractivity contribution in [3.05, 3.63) is 0 Å². The third-order valence-electron chi connectivity index (χ3n) is 3.20. The summed E-state index contributed by atoms with van der Waals surface area (Å²) in [7, 11) is 0. The summed E-state index contributed by atoms with van der Waals surface area (Å²) in [4.78, 5) is 13.8. The van der Waals surface area contributed by atoms with Crippen LogP contribution in [0, 0.1) is 0 Å². The lowest BCUT2D eigenvalue weighted by Crippen LogP contribution is -2.52. The molecule has 0 aliphatic carbocycles. The van der Waals surface area contributed by atoms with E-state index in [2.05, 4.69) is 5.32 Å². The second-order valence-electron chi connectivity index (χ2n) is 5.41. The number of carbonyl (C=O) groups excluding carboxylic acids is 1. The molecule has 6 heteroatoms. The normalized spacial score (nSPS) is 21.3. The third kappa shape index (κ3) is 6.27. The van der Waals surface area contributed by atoms with Crippen LogP contribution in [-0.2, 0) is 4.79 Å². The predicted molar refractivity (Wildman–Crippen MR) is 67.8 cm³/mol. The van der Waals surface area contributed by atoms with Gasteiger partial charge in [-0.2, -0.15) is 13.2 Å². The van der Waals surface area contributed by atoms with Gasteiger partial charge in [0.05, 0.1) is 6.04 Å². The van der Waals surface area contributed by atoms with Crippen molar-refractivity contribution in [2.75, 3.05) is 13.1 Å². The molecular weight excluding hydrogens is 257 g/mol. The molecule has 1 heterocycles. The number of halogens is 3. The molecule has 1 atom stereocenters. The fraction of sp³-hybridized carbons (Fsp3) is 0.923. The lowest BCUT2D eigenvalue weighted by molar-refractivity contribution is -0.138. The van der Waals surface area contributed by atoms with E-state index in [4.69, 9.17) is 0 Å². The minimum atomic E-state index is -4.09. The molecule has 0 bridgehead atoms. The maximum atomic E-state index is 12.1. The van der Waals surface area contributed by atoms with Crippen molar-refractivity contribution < 1.29 is 18.0 Å². The fourth-order valence-electron chi connectivity index (χ4n) is 2.35. The second-order valence-corrected chi connectivity index (χ2v) is 5.41. The van der Waals surface area contributed by atoms with Crippen molar-refractivity contribution >= 4 is 5.91 Å². The number of piperidine rings is 1. The van der Waals surface area contributed by atoms with Crippen molar-refractivity contribution in [3.63, 3.8) is 0 Å². The zero-order valence-electron chi connectivity index (χ0n) is 11.6. The SMILES string of the molecule is CC(C)NC1CCCN(CCCCC(F)(F)F)C1=O. The fourth-order valence-corrected chi connectivity index (χ4v) is 2.35. The van der Waals surface area contributed by atoms with E-state index in [1.165, 1.54) is 0 Å². The number of unbranched alkanes of at least 4 members (excludes halogenated alkanes) is 1. The smallest absolute Gasteiger partial charge is 0.341 e. The molecule has 1 rings (SSSR count). The molecular formula is C13H23F3N2O. The molecule has 1 aliphatic rings. The first-order chi connectivity index (χ1) is 8.79. The highest BCUT2D eigenvalue weighted by molar-refractivity contribution is 5.82. The van der Waals surface area contributed by atoms with Gasteiger partial charge in [-0.15, -0.1) is 0 Å². The van der Waals surface area contributed by atoms with Gasteiger partial charge in [-0.1, -0.05) is 13.8 Å². The molecule has 0 spiro atoms. The Morgan fingerprint density at radius 1 is 1.37 bits per heavy atom. The summed E-state index contributed by atoms with van der Waals surface area (Å²) in [6.45, 7) is 5.07. The van der Waals surface area contributed by atoms with E-state index in [0.29, 0.717) is 19.5 Å². The highest BCUT2D eigenvalue weighted by Crippen LogP contribution is 2.22. The van der Waals surface area contributed by atoms with Gasteiger partial charge in [0.25, 0.3) is 0 Å². The Kier molecular flexibility index (Phi) is 6.10. The maximum Gasteiger partial charge on any atom is 0.389 e. The van der Waals surface area contributed by atoms with Gasteiger partial charge in [-0.05, 0) is 25.7 Å². The number of hydrogen-bond acceptors (Lipinski definition) is 2. The molecule has 19 heavy (non-hydrogen) atoms. The molecule has 1 unspecified atom stereocenters. The number of likely N-dealkylation sites (tertiary alicyclic amines) is 1. The predicted octanol–water partition coefficient (Wildman–Crippen LogP) is 2.71. The molecule has 0 aromatic heterocycles. The summed E-state index contributed by atoms with van der Waals surface area (Å²) >= 11 is 0. The number of amides is 1. The van der Waals surface area contributed by atoms with Crippen molar-refractivity contribution in [3.8, 4) is 0 Å². The number of hydrogen-bond donors (Lipinski definition) is 1. The lowest BCUT2D eigenvalue weighted by atomic mass is 10.0. The summed E-state index contributed by atoms with van der Waals surface area (Å²) in [5, 5.41) is 3.20. The topological polar surface area (TPSA) is 32.3 Å². The summed E-state index contributed by atoms with van der Waals surface area (Å²) in [5.74, 6) is 0.0342. The van der Waals surface area contributed by atoms with Gasteiger partial charge in [0.2, 0.25) is 5.91 Å². The number of carbonyl (C=O) groups is 1. The first-order valence-corrected chi connectivity index (χ1v) is 6.91. The lowest BCUT2D eigenvalue weighted by Gasteiger charge is -2.33. The van der Waals surface area contributed by atoms with Crippen LogP contribution in [0.5, 0.6) is 0 Å². The maximum absolute atomic E-state index is 12.1. The third-order valence-corrected chi connectivity index (χ3v) is 3.20.